The summed E-state index contributed by atoms with van der Waals surface area (Å²) in [5, 5.41) is 12.8. The van der Waals surface area contributed by atoms with E-state index in [1.807, 2.05) is 12.1 Å². The van der Waals surface area contributed by atoms with Gasteiger partial charge in [0.15, 0.2) is 0 Å². The van der Waals surface area contributed by atoms with Crippen LogP contribution in [0.15, 0.2) is 53.4 Å². The molecule has 1 atom stereocenters. The molecule has 1 amide bonds. The number of ether oxygens (including phenoxy) is 1. The van der Waals surface area contributed by atoms with Crippen LogP contribution in [0.4, 0.5) is 0 Å². The normalized spacial score (nSPS) is 15.5. The van der Waals surface area contributed by atoms with Crippen molar-refractivity contribution >= 4 is 33.5 Å². The molecule has 1 fully saturated rings. The summed E-state index contributed by atoms with van der Waals surface area (Å²) in [4.78, 5) is 26.0. The minimum absolute atomic E-state index is 0.0611. The Morgan fingerprint density at radius 2 is 1.63 bits per heavy atom. The molecular weight excluding hydrogens is 494 g/mol. The number of aliphatic carboxylic acids is 1. The summed E-state index contributed by atoms with van der Waals surface area (Å²) in [5.41, 5.74) is 1.66. The van der Waals surface area contributed by atoms with Crippen LogP contribution in [0, 0.1) is 0 Å². The molecule has 2 aromatic carbocycles. The Balaban J connectivity index is 1.48. The van der Waals surface area contributed by atoms with Gasteiger partial charge in [0.25, 0.3) is 0 Å². The van der Waals surface area contributed by atoms with Gasteiger partial charge in [-0.05, 0) is 54.8 Å². The van der Waals surface area contributed by atoms with Gasteiger partial charge in [0.05, 0.1) is 18.1 Å². The molecule has 35 heavy (non-hydrogen) atoms. The van der Waals surface area contributed by atoms with E-state index >= 15 is 0 Å². The molecule has 3 rings (SSSR count). The van der Waals surface area contributed by atoms with Crippen LogP contribution in [0.2, 0.25) is 5.02 Å². The number of carbonyl (C=O) groups is 2. The third kappa shape index (κ3) is 8.59. The van der Waals surface area contributed by atoms with E-state index in [0.717, 1.165) is 37.2 Å². The van der Waals surface area contributed by atoms with Crippen LogP contribution in [-0.4, -0.2) is 75.7 Å². The summed E-state index contributed by atoms with van der Waals surface area (Å²) >= 11 is 5.90. The van der Waals surface area contributed by atoms with Crippen LogP contribution >= 0.6 is 11.6 Å². The minimum atomic E-state index is -4.09. The summed E-state index contributed by atoms with van der Waals surface area (Å²) in [7, 11) is -4.09. The molecule has 0 aliphatic carbocycles. The Bertz CT molecular complexity index is 1090. The fourth-order valence-electron chi connectivity index (χ4n) is 3.68. The predicted octanol–water partition coefficient (Wildman–Crippen LogP) is 2.36. The van der Waals surface area contributed by atoms with Crippen molar-refractivity contribution in [2.75, 3.05) is 39.4 Å². The fourth-order valence-corrected chi connectivity index (χ4v) is 5.03. The topological polar surface area (TPSA) is 125 Å². The Hall–Kier alpha value is -2.50. The molecule has 3 N–H and O–H groups in total. The highest BCUT2D eigenvalue weighted by Gasteiger charge is 2.26. The maximum atomic E-state index is 12.7. The van der Waals surface area contributed by atoms with Crippen molar-refractivity contribution in [1.82, 2.24) is 14.9 Å². The van der Waals surface area contributed by atoms with Crippen molar-refractivity contribution in [3.8, 4) is 11.1 Å². The van der Waals surface area contributed by atoms with Gasteiger partial charge in [-0.15, -0.1) is 0 Å². The molecule has 1 aliphatic heterocycles. The monoisotopic (exact) mass is 523 g/mol. The van der Waals surface area contributed by atoms with Crippen LogP contribution in [0.5, 0.6) is 0 Å². The van der Waals surface area contributed by atoms with Gasteiger partial charge in [-0.3, -0.25) is 14.5 Å². The average Bonchev–Trinajstić information content (AvgIpc) is 2.85. The van der Waals surface area contributed by atoms with E-state index in [1.54, 1.807) is 24.3 Å². The lowest BCUT2D eigenvalue weighted by Gasteiger charge is -2.26. The number of benzene rings is 2. The molecule has 11 heteroatoms. The zero-order valence-electron chi connectivity index (χ0n) is 19.3. The summed E-state index contributed by atoms with van der Waals surface area (Å²) in [6.45, 7) is 4.49. The highest BCUT2D eigenvalue weighted by Crippen LogP contribution is 2.23. The largest absolute Gasteiger partial charge is 0.480 e. The van der Waals surface area contributed by atoms with Crippen molar-refractivity contribution in [3.05, 3.63) is 53.6 Å². The standard InChI is InChI=1S/C24H30ClN3O6S/c25-20-6-2-18(3-7-20)19-4-8-21(9-5-19)35(32,33)27-22(24(30)31)10-11-23(29)26-12-1-13-28-14-16-34-17-15-28/h2-9,22,27H,1,10-17H2,(H,26,29)(H,30,31). The van der Waals surface area contributed by atoms with Crippen LogP contribution < -0.4 is 10.0 Å². The van der Waals surface area contributed by atoms with E-state index in [0.29, 0.717) is 24.8 Å². The van der Waals surface area contributed by atoms with Crippen LogP contribution in [0.1, 0.15) is 19.3 Å². The van der Waals surface area contributed by atoms with Crippen molar-refractivity contribution in [3.63, 3.8) is 0 Å². The van der Waals surface area contributed by atoms with Crippen molar-refractivity contribution in [1.29, 1.82) is 0 Å². The van der Waals surface area contributed by atoms with Crippen LogP contribution in [0.3, 0.4) is 0 Å². The van der Waals surface area contributed by atoms with E-state index in [2.05, 4.69) is 14.9 Å². The molecule has 0 spiro atoms. The van der Waals surface area contributed by atoms with E-state index in [-0.39, 0.29) is 23.6 Å². The zero-order chi connectivity index (χ0) is 25.3. The highest BCUT2D eigenvalue weighted by atomic mass is 35.5. The number of nitrogens with one attached hydrogen (secondary N) is 2. The van der Waals surface area contributed by atoms with Gasteiger partial charge >= 0.3 is 5.97 Å². The molecule has 0 aromatic heterocycles. The third-order valence-corrected chi connectivity index (χ3v) is 7.41. The second kappa shape index (κ2) is 13.0. The number of sulfonamides is 1. The maximum absolute atomic E-state index is 12.7. The molecular formula is C24H30ClN3O6S. The molecule has 190 valence electrons. The van der Waals surface area contributed by atoms with E-state index in [4.69, 9.17) is 16.3 Å². The Morgan fingerprint density at radius 1 is 1.03 bits per heavy atom. The Kier molecular flexibility index (Phi) is 10.1. The lowest BCUT2D eigenvalue weighted by atomic mass is 10.1. The molecule has 0 saturated carbocycles. The van der Waals surface area contributed by atoms with Gasteiger partial charge in [-0.2, -0.15) is 4.72 Å². The fraction of sp³-hybridized carbons (Fsp3) is 0.417. The number of carboxylic acid groups (broad SMARTS) is 1. The third-order valence-electron chi connectivity index (χ3n) is 5.67. The zero-order valence-corrected chi connectivity index (χ0v) is 20.9. The second-order valence-corrected chi connectivity index (χ2v) is 10.4. The number of hydrogen-bond donors (Lipinski definition) is 3. The number of hydrogen-bond acceptors (Lipinski definition) is 6. The van der Waals surface area contributed by atoms with Crippen LogP contribution in [0.25, 0.3) is 11.1 Å². The van der Waals surface area contributed by atoms with Gasteiger partial charge in [0, 0.05) is 31.1 Å². The summed E-state index contributed by atoms with van der Waals surface area (Å²) in [6.07, 6.45) is 0.506. The lowest BCUT2D eigenvalue weighted by molar-refractivity contribution is -0.139. The molecule has 2 aromatic rings. The summed E-state index contributed by atoms with van der Waals surface area (Å²) in [5.74, 6) is -1.66. The summed E-state index contributed by atoms with van der Waals surface area (Å²) < 4.78 is 33.0. The van der Waals surface area contributed by atoms with Crippen molar-refractivity contribution in [2.24, 2.45) is 0 Å². The van der Waals surface area contributed by atoms with Gasteiger partial charge < -0.3 is 15.2 Å². The first-order valence-electron chi connectivity index (χ1n) is 11.4. The predicted molar refractivity (Wildman–Crippen MR) is 133 cm³/mol. The second-order valence-electron chi connectivity index (χ2n) is 8.24. The van der Waals surface area contributed by atoms with Gasteiger partial charge in [-0.1, -0.05) is 35.9 Å². The number of nitrogens with zero attached hydrogens (tertiary/aromatic N) is 1. The van der Waals surface area contributed by atoms with E-state index in [1.165, 1.54) is 12.1 Å². The van der Waals surface area contributed by atoms with Crippen molar-refractivity contribution < 1.29 is 27.9 Å². The first-order chi connectivity index (χ1) is 16.7. The SMILES string of the molecule is O=C(CCC(NS(=O)(=O)c1ccc(-c2ccc(Cl)cc2)cc1)C(=O)O)NCCCN1CCOCC1. The molecule has 1 heterocycles. The van der Waals surface area contributed by atoms with Gasteiger partial charge in [0.2, 0.25) is 15.9 Å². The minimum Gasteiger partial charge on any atom is -0.480 e. The molecule has 1 aliphatic rings. The number of halogens is 1. The quantitative estimate of drug-likeness (QED) is 0.365. The number of carbonyl (C=O) groups excluding carboxylic acids is 1. The maximum Gasteiger partial charge on any atom is 0.321 e. The smallest absolute Gasteiger partial charge is 0.321 e. The molecule has 9 nitrogen and oxygen atoms in total. The first-order valence-corrected chi connectivity index (χ1v) is 13.3. The van der Waals surface area contributed by atoms with Crippen molar-refractivity contribution in [2.45, 2.75) is 30.2 Å². The van der Waals surface area contributed by atoms with Gasteiger partial charge in [-0.25, -0.2) is 8.42 Å². The van der Waals surface area contributed by atoms with Gasteiger partial charge in [0.1, 0.15) is 6.04 Å². The molecule has 0 radical (unpaired) electrons. The Morgan fingerprint density at radius 3 is 2.23 bits per heavy atom. The Labute approximate surface area is 210 Å². The molecule has 0 bridgehead atoms. The highest BCUT2D eigenvalue weighted by molar-refractivity contribution is 7.89. The van der Waals surface area contributed by atoms with E-state index < -0.39 is 22.0 Å². The number of carboxylic acids is 1. The van der Waals surface area contributed by atoms with Crippen LogP contribution in [-0.2, 0) is 24.3 Å². The summed E-state index contributed by atoms with van der Waals surface area (Å²) in [6, 6.07) is 11.8. The number of morpholine rings is 1. The van der Waals surface area contributed by atoms with E-state index in [9.17, 15) is 23.1 Å². The number of amides is 1. The molecule has 1 saturated heterocycles. The molecule has 1 unspecified atom stereocenters. The lowest BCUT2D eigenvalue weighted by Crippen LogP contribution is -2.41. The number of rotatable bonds is 12. The average molecular weight is 524 g/mol. The first kappa shape index (κ1) is 27.1.